The predicted octanol–water partition coefficient (Wildman–Crippen LogP) is 2.30. The van der Waals surface area contributed by atoms with Gasteiger partial charge in [-0.25, -0.2) is 8.42 Å². The van der Waals surface area contributed by atoms with E-state index in [0.717, 1.165) is 0 Å². The molecule has 1 aromatic carbocycles. The SMILES string of the molecule is CCS(=O)(=O)/N=C1\C=C(Br)C(=O)c2ccccc21. The minimum Gasteiger partial charge on any atom is -0.288 e. The summed E-state index contributed by atoms with van der Waals surface area (Å²) in [6.45, 7) is 1.53. The third kappa shape index (κ3) is 2.44. The zero-order valence-corrected chi connectivity index (χ0v) is 12.0. The van der Waals surface area contributed by atoms with E-state index in [2.05, 4.69) is 20.3 Å². The summed E-state index contributed by atoms with van der Waals surface area (Å²) < 4.78 is 27.2. The Bertz CT molecular complexity index is 674. The van der Waals surface area contributed by atoms with E-state index in [0.29, 0.717) is 21.3 Å². The smallest absolute Gasteiger partial charge is 0.253 e. The van der Waals surface area contributed by atoms with Gasteiger partial charge in [-0.3, -0.25) is 4.79 Å². The first-order valence-corrected chi connectivity index (χ1v) is 7.69. The molecule has 1 aromatic rings. The molecule has 18 heavy (non-hydrogen) atoms. The molecule has 0 saturated heterocycles. The van der Waals surface area contributed by atoms with Gasteiger partial charge in [0.25, 0.3) is 10.0 Å². The maximum atomic E-state index is 11.9. The van der Waals surface area contributed by atoms with Crippen molar-refractivity contribution in [3.05, 3.63) is 46.0 Å². The summed E-state index contributed by atoms with van der Waals surface area (Å²) in [7, 11) is -3.49. The lowest BCUT2D eigenvalue weighted by molar-refractivity contribution is 0.104. The molecule has 0 N–H and O–H groups in total. The molecule has 0 aromatic heterocycles. The van der Waals surface area contributed by atoms with Gasteiger partial charge >= 0.3 is 0 Å². The van der Waals surface area contributed by atoms with Crippen LogP contribution in [0.3, 0.4) is 0 Å². The minimum atomic E-state index is -3.49. The van der Waals surface area contributed by atoms with E-state index in [-0.39, 0.29) is 11.5 Å². The van der Waals surface area contributed by atoms with Crippen molar-refractivity contribution >= 4 is 37.4 Å². The van der Waals surface area contributed by atoms with Crippen molar-refractivity contribution in [2.24, 2.45) is 4.40 Å². The lowest BCUT2D eigenvalue weighted by Gasteiger charge is -2.13. The predicted molar refractivity (Wildman–Crippen MR) is 73.8 cm³/mol. The van der Waals surface area contributed by atoms with Crippen molar-refractivity contribution in [2.45, 2.75) is 6.92 Å². The summed E-state index contributed by atoms with van der Waals surface area (Å²) in [5.74, 6) is -0.239. The molecule has 0 atom stereocenters. The molecule has 2 rings (SSSR count). The van der Waals surface area contributed by atoms with Crippen LogP contribution in [0.15, 0.2) is 39.2 Å². The monoisotopic (exact) mass is 327 g/mol. The average molecular weight is 328 g/mol. The molecule has 94 valence electrons. The molecule has 0 saturated carbocycles. The Balaban J connectivity index is 2.67. The molecule has 0 unspecified atom stereocenters. The topological polar surface area (TPSA) is 63.6 Å². The van der Waals surface area contributed by atoms with Crippen LogP contribution in [0, 0.1) is 0 Å². The highest BCUT2D eigenvalue weighted by molar-refractivity contribution is 9.12. The number of rotatable bonds is 2. The summed E-state index contributed by atoms with van der Waals surface area (Å²) in [6.07, 6.45) is 1.44. The van der Waals surface area contributed by atoms with Crippen molar-refractivity contribution in [1.29, 1.82) is 0 Å². The number of sulfonamides is 1. The molecule has 1 aliphatic rings. The minimum absolute atomic E-state index is 0.0714. The van der Waals surface area contributed by atoms with Crippen LogP contribution in [0.25, 0.3) is 0 Å². The van der Waals surface area contributed by atoms with E-state index in [1.165, 1.54) is 13.0 Å². The number of hydrogen-bond acceptors (Lipinski definition) is 3. The Kier molecular flexibility index (Phi) is 3.49. The number of halogens is 1. The van der Waals surface area contributed by atoms with Crippen molar-refractivity contribution < 1.29 is 13.2 Å². The van der Waals surface area contributed by atoms with Crippen molar-refractivity contribution in [2.75, 3.05) is 5.75 Å². The third-order valence-electron chi connectivity index (χ3n) is 2.53. The number of hydrogen-bond donors (Lipinski definition) is 0. The number of benzene rings is 1. The van der Waals surface area contributed by atoms with Gasteiger partial charge in [0, 0.05) is 11.1 Å². The summed E-state index contributed by atoms with van der Waals surface area (Å²) in [4.78, 5) is 11.9. The van der Waals surface area contributed by atoms with Gasteiger partial charge in [-0.05, 0) is 28.9 Å². The van der Waals surface area contributed by atoms with E-state index >= 15 is 0 Å². The zero-order valence-electron chi connectivity index (χ0n) is 9.55. The lowest BCUT2D eigenvalue weighted by Crippen LogP contribution is -2.16. The van der Waals surface area contributed by atoms with E-state index in [4.69, 9.17) is 0 Å². The molecule has 0 amide bonds. The van der Waals surface area contributed by atoms with Crippen molar-refractivity contribution in [3.8, 4) is 0 Å². The molecule has 0 spiro atoms. The second kappa shape index (κ2) is 4.78. The quantitative estimate of drug-likeness (QED) is 0.837. The maximum Gasteiger partial charge on any atom is 0.253 e. The fourth-order valence-corrected chi connectivity index (χ4v) is 2.60. The number of ketones is 1. The van der Waals surface area contributed by atoms with Crippen LogP contribution in [0.5, 0.6) is 0 Å². The van der Waals surface area contributed by atoms with Crippen LogP contribution in [0.1, 0.15) is 22.8 Å². The number of fused-ring (bicyclic) bond motifs is 1. The van der Waals surface area contributed by atoms with Crippen LogP contribution in [0.2, 0.25) is 0 Å². The highest BCUT2D eigenvalue weighted by Crippen LogP contribution is 2.25. The van der Waals surface area contributed by atoms with Gasteiger partial charge in [-0.2, -0.15) is 4.40 Å². The van der Waals surface area contributed by atoms with Gasteiger partial charge in [-0.15, -0.1) is 0 Å². The van der Waals surface area contributed by atoms with Crippen LogP contribution < -0.4 is 0 Å². The highest BCUT2D eigenvalue weighted by Gasteiger charge is 2.23. The van der Waals surface area contributed by atoms with E-state index in [1.807, 2.05) is 0 Å². The van der Waals surface area contributed by atoms with Gasteiger partial charge in [0.05, 0.1) is 15.9 Å². The fraction of sp³-hybridized carbons (Fsp3) is 0.167. The van der Waals surface area contributed by atoms with Crippen molar-refractivity contribution in [3.63, 3.8) is 0 Å². The summed E-state index contributed by atoms with van der Waals surface area (Å²) in [6, 6.07) is 6.81. The zero-order chi connectivity index (χ0) is 13.3. The van der Waals surface area contributed by atoms with Crippen LogP contribution in [0.4, 0.5) is 0 Å². The van der Waals surface area contributed by atoms with Gasteiger partial charge < -0.3 is 0 Å². The second-order valence-corrected chi connectivity index (χ2v) is 6.49. The molecule has 0 radical (unpaired) electrons. The number of Topliss-reactive ketones (excluding diaryl/α,β-unsaturated/α-hetero) is 1. The Morgan fingerprint density at radius 1 is 1.22 bits per heavy atom. The Hall–Kier alpha value is -1.27. The number of carbonyl (C=O) groups excluding carboxylic acids is 1. The Labute approximate surface area is 114 Å². The van der Waals surface area contributed by atoms with Crippen molar-refractivity contribution in [1.82, 2.24) is 0 Å². The molecule has 0 heterocycles. The first-order chi connectivity index (χ1) is 8.44. The summed E-state index contributed by atoms with van der Waals surface area (Å²) >= 11 is 3.13. The van der Waals surface area contributed by atoms with Gasteiger partial charge in [-0.1, -0.05) is 24.3 Å². The fourth-order valence-electron chi connectivity index (χ4n) is 1.59. The van der Waals surface area contributed by atoms with Gasteiger partial charge in [0.1, 0.15) is 0 Å². The first-order valence-electron chi connectivity index (χ1n) is 5.28. The largest absolute Gasteiger partial charge is 0.288 e. The number of carbonyl (C=O) groups is 1. The summed E-state index contributed by atoms with van der Waals surface area (Å²) in [5, 5.41) is 0. The molecule has 6 heteroatoms. The highest BCUT2D eigenvalue weighted by atomic mass is 79.9. The second-order valence-electron chi connectivity index (χ2n) is 3.71. The van der Waals surface area contributed by atoms with Crippen LogP contribution in [-0.2, 0) is 10.0 Å². The Morgan fingerprint density at radius 2 is 1.83 bits per heavy atom. The molecular weight excluding hydrogens is 318 g/mol. The standard InChI is InChI=1S/C12H10BrNO3S/c1-2-18(16,17)14-11-7-10(13)12(15)9-6-4-3-5-8(9)11/h3-7H,2H2,1H3/b14-11+. The van der Waals surface area contributed by atoms with E-state index < -0.39 is 10.0 Å². The van der Waals surface area contributed by atoms with E-state index in [1.54, 1.807) is 24.3 Å². The van der Waals surface area contributed by atoms with Gasteiger partial charge in [0.15, 0.2) is 0 Å². The molecule has 1 aliphatic carbocycles. The molecule has 0 fully saturated rings. The molecule has 0 aliphatic heterocycles. The molecule has 0 bridgehead atoms. The first kappa shape index (κ1) is 13.2. The average Bonchev–Trinajstić information content (AvgIpc) is 2.35. The Morgan fingerprint density at radius 3 is 2.44 bits per heavy atom. The van der Waals surface area contributed by atoms with Crippen LogP contribution in [-0.4, -0.2) is 25.7 Å². The molecular formula is C12H10BrNO3S. The van der Waals surface area contributed by atoms with E-state index in [9.17, 15) is 13.2 Å². The lowest BCUT2D eigenvalue weighted by atomic mass is 9.94. The maximum absolute atomic E-state index is 11.9. The van der Waals surface area contributed by atoms with Gasteiger partial charge in [0.2, 0.25) is 5.78 Å². The third-order valence-corrected chi connectivity index (χ3v) is 4.32. The molecule has 4 nitrogen and oxygen atoms in total. The number of allylic oxidation sites excluding steroid dienone is 2. The van der Waals surface area contributed by atoms with Crippen LogP contribution >= 0.6 is 15.9 Å². The number of nitrogens with zero attached hydrogens (tertiary/aromatic N) is 1. The summed E-state index contributed by atoms with van der Waals surface area (Å²) in [5.41, 5.74) is 1.29. The normalized spacial score (nSPS) is 17.6.